The van der Waals surface area contributed by atoms with Crippen LogP contribution < -0.4 is 30.4 Å². The number of amides is 6. The molecule has 0 radical (unpaired) electrons. The lowest BCUT2D eigenvalue weighted by Gasteiger charge is -2.42. The first kappa shape index (κ1) is 60.2. The molecule has 4 aliphatic heterocycles. The highest BCUT2D eigenvalue weighted by Gasteiger charge is 2.64. The van der Waals surface area contributed by atoms with E-state index in [1.165, 1.54) is 63.4 Å². The number of alkyl carbamates (subject to hydrolysis) is 1. The van der Waals surface area contributed by atoms with E-state index in [0.717, 1.165) is 28.2 Å². The number of hydrogen-bond acceptors (Lipinski definition) is 17. The van der Waals surface area contributed by atoms with E-state index in [-0.39, 0.29) is 41.6 Å². The number of unbranched alkanes of at least 4 members (excludes halogenated alkanes) is 2. The van der Waals surface area contributed by atoms with E-state index in [1.807, 2.05) is 13.0 Å². The first-order valence-electron chi connectivity index (χ1n) is 25.4. The number of carbonyl (C=O) groups is 7. The van der Waals surface area contributed by atoms with Crippen molar-refractivity contribution in [2.75, 3.05) is 44.6 Å². The summed E-state index contributed by atoms with van der Waals surface area (Å²) in [6, 6.07) is 13.0. The molecular formula is C55H63ClN6O17S. The Hall–Kier alpha value is -7.48. The van der Waals surface area contributed by atoms with Crippen LogP contribution in [0.25, 0.3) is 0 Å². The van der Waals surface area contributed by atoms with Gasteiger partial charge in [0.1, 0.15) is 45.3 Å². The molecule has 4 heterocycles. The van der Waals surface area contributed by atoms with Crippen molar-refractivity contribution >= 4 is 80.4 Å². The quantitative estimate of drug-likeness (QED) is 0.0210. The Morgan fingerprint density at radius 2 is 1.75 bits per heavy atom. The lowest BCUT2D eigenvalue weighted by Crippen LogP contribution is -2.63. The highest BCUT2D eigenvalue weighted by Crippen LogP contribution is 2.49. The van der Waals surface area contributed by atoms with Crippen LogP contribution in [0, 0.1) is 5.92 Å². The summed E-state index contributed by atoms with van der Waals surface area (Å²) >= 11 is 6.81. The fourth-order valence-electron chi connectivity index (χ4n) is 9.62. The molecule has 3 aromatic carbocycles. The second kappa shape index (κ2) is 25.3. The highest BCUT2D eigenvalue weighted by atomic mass is 35.5. The van der Waals surface area contributed by atoms with Gasteiger partial charge in [-0.1, -0.05) is 60.9 Å². The van der Waals surface area contributed by atoms with Gasteiger partial charge < -0.3 is 43.7 Å². The number of epoxide rings is 1. The first-order chi connectivity index (χ1) is 37.8. The molecule has 7 rings (SSSR count). The molecule has 4 bridgehead atoms. The Balaban J connectivity index is 1.02. The number of allylic oxidation sites excluding steroid dienone is 3. The summed E-state index contributed by atoms with van der Waals surface area (Å²) in [6.45, 7) is 6.37. The number of methoxy groups -OCH3 is 2. The molecule has 0 aliphatic carbocycles. The molecule has 428 valence electrons. The van der Waals surface area contributed by atoms with Crippen molar-refractivity contribution < 1.29 is 80.1 Å². The standard InChI is InChI=1S/C55H63ClN6O17S/c1-31-13-11-16-43(75-7)55(70)29-41(77-53(69)58-55)32(2)51-54(4,79-51)44(28-48(66)61(5)39-24-34(23-31)25-40(74-6)50(39)56)78-49(67)30-76-37-15-12-14-35(26-37)33(3)59-60-52(68)38-19-18-36(27-42(38)80(71,72)73)57-45(63)17-9-8-10-22-62-46(64)20-21-47(62)65/h11-16,18-21,24-27,32,41,43-44,51,70H,8-10,17,22-23,28-30H2,1-7H3,(H,57,63)(H,58,69)(H,60,68)(H,71,72,73)/b16-11+,31-13+,59-33+/t32-,41+,43-,44+,51+,54+,55+/m1/s1. The summed E-state index contributed by atoms with van der Waals surface area (Å²) in [5.74, 6) is -3.84. The third-order valence-electron chi connectivity index (χ3n) is 14.1. The van der Waals surface area contributed by atoms with Crippen LogP contribution in [0.3, 0.4) is 0 Å². The van der Waals surface area contributed by atoms with Crippen LogP contribution in [0.1, 0.15) is 87.7 Å². The lowest BCUT2D eigenvalue weighted by molar-refractivity contribution is -0.156. The maximum Gasteiger partial charge on any atom is 0.409 e. The van der Waals surface area contributed by atoms with E-state index in [1.54, 1.807) is 50.3 Å². The molecule has 7 atom stereocenters. The summed E-state index contributed by atoms with van der Waals surface area (Å²) < 4.78 is 70.0. The first-order valence-corrected chi connectivity index (χ1v) is 27.3. The summed E-state index contributed by atoms with van der Waals surface area (Å²) in [5, 5.41) is 21.1. The zero-order valence-electron chi connectivity index (χ0n) is 45.0. The zero-order chi connectivity index (χ0) is 58.3. The Kier molecular flexibility index (Phi) is 19.0. The third-order valence-corrected chi connectivity index (χ3v) is 15.4. The second-order valence-corrected chi connectivity index (χ2v) is 21.7. The molecule has 0 unspecified atom stereocenters. The minimum absolute atomic E-state index is 0.0160. The number of esters is 1. The molecule has 2 saturated heterocycles. The van der Waals surface area contributed by atoms with Gasteiger partial charge in [-0.05, 0) is 88.1 Å². The molecule has 0 saturated carbocycles. The van der Waals surface area contributed by atoms with Gasteiger partial charge in [0.05, 0.1) is 36.6 Å². The summed E-state index contributed by atoms with van der Waals surface area (Å²) in [4.78, 5) is 92.2. The average molecular weight is 1150 g/mol. The second-order valence-electron chi connectivity index (χ2n) is 19.9. The summed E-state index contributed by atoms with van der Waals surface area (Å²) in [5.41, 5.74) is 1.10. The van der Waals surface area contributed by atoms with Crippen LogP contribution in [0.2, 0.25) is 5.02 Å². The topological polar surface area (TPSA) is 308 Å². The fraction of sp³-hybridized carbons (Fsp3) is 0.418. The van der Waals surface area contributed by atoms with E-state index in [2.05, 4.69) is 21.2 Å². The predicted molar refractivity (Wildman–Crippen MR) is 290 cm³/mol. The van der Waals surface area contributed by atoms with Gasteiger partial charge in [-0.25, -0.2) is 15.0 Å². The molecule has 80 heavy (non-hydrogen) atoms. The van der Waals surface area contributed by atoms with E-state index < -0.39 is 117 Å². The molecule has 25 heteroatoms. The number of carbonyl (C=O) groups excluding carboxylic acids is 7. The zero-order valence-corrected chi connectivity index (χ0v) is 46.6. The van der Waals surface area contributed by atoms with Gasteiger partial charge >= 0.3 is 12.1 Å². The minimum atomic E-state index is -5.00. The van der Waals surface area contributed by atoms with Gasteiger partial charge in [-0.15, -0.1) is 0 Å². The van der Waals surface area contributed by atoms with Crippen LogP contribution in [0.4, 0.5) is 16.2 Å². The van der Waals surface area contributed by atoms with Crippen LogP contribution in [-0.2, 0) is 59.5 Å². The summed E-state index contributed by atoms with van der Waals surface area (Å²) in [6.07, 6.45) is 3.98. The van der Waals surface area contributed by atoms with E-state index in [9.17, 15) is 51.6 Å². The number of hydrazone groups is 1. The number of hydrogen-bond donors (Lipinski definition) is 5. The Labute approximate surface area is 467 Å². The average Bonchev–Trinajstić information content (AvgIpc) is 4.23. The minimum Gasteiger partial charge on any atom is -0.495 e. The highest BCUT2D eigenvalue weighted by molar-refractivity contribution is 7.86. The predicted octanol–water partition coefficient (Wildman–Crippen LogP) is 5.57. The van der Waals surface area contributed by atoms with Crippen molar-refractivity contribution in [3.8, 4) is 11.5 Å². The van der Waals surface area contributed by atoms with E-state index >= 15 is 0 Å². The van der Waals surface area contributed by atoms with Crippen LogP contribution in [0.5, 0.6) is 11.5 Å². The molecule has 5 N–H and O–H groups in total. The largest absolute Gasteiger partial charge is 0.495 e. The van der Waals surface area contributed by atoms with Gasteiger partial charge in [0.25, 0.3) is 27.8 Å². The Morgan fingerprint density at radius 1 is 1.01 bits per heavy atom. The van der Waals surface area contributed by atoms with Crippen molar-refractivity contribution in [2.45, 2.75) is 113 Å². The number of halogens is 1. The fourth-order valence-corrected chi connectivity index (χ4v) is 10.6. The van der Waals surface area contributed by atoms with Crippen LogP contribution >= 0.6 is 11.6 Å². The molecule has 4 aliphatic rings. The number of nitrogens with one attached hydrogen (secondary N) is 3. The van der Waals surface area contributed by atoms with Crippen molar-refractivity contribution in [3.05, 3.63) is 112 Å². The van der Waals surface area contributed by atoms with Crippen molar-refractivity contribution in [3.63, 3.8) is 0 Å². The molecule has 0 spiro atoms. The number of anilines is 2. The number of benzene rings is 3. The number of aliphatic hydroxyl groups is 1. The van der Waals surface area contributed by atoms with Gasteiger partial charge in [-0.2, -0.15) is 13.5 Å². The SMILES string of the molecule is COc1cc2cc(c1Cl)N(C)C(=O)C[C@H](OC(=O)COc1cccc(/C(C)=N/NC(=O)c3ccc(NC(=O)CCCCCN4C(=O)C=CC4=O)cc3S(=O)(=O)O)c1)[C@]1(C)O[C@H]1[C@H](C)[C@@H]1C[C@@](O)(NC(=O)O1)[C@H](OC)/C=C/C=C(\C)C2. The van der Waals surface area contributed by atoms with Gasteiger partial charge in [0.2, 0.25) is 11.8 Å². The number of rotatable bonds is 17. The molecule has 0 aromatic heterocycles. The Bertz CT molecular complexity index is 3170. The van der Waals surface area contributed by atoms with Gasteiger partial charge in [-0.3, -0.25) is 38.7 Å². The molecule has 6 amide bonds. The smallest absolute Gasteiger partial charge is 0.409 e. The number of imide groups is 1. The van der Waals surface area contributed by atoms with Gasteiger partial charge in [0.15, 0.2) is 12.3 Å². The maximum absolute atomic E-state index is 14.3. The monoisotopic (exact) mass is 1150 g/mol. The molecule has 23 nitrogen and oxygen atoms in total. The number of fused-ring (bicyclic) bond motifs is 5. The van der Waals surface area contributed by atoms with Crippen molar-refractivity contribution in [1.82, 2.24) is 15.6 Å². The van der Waals surface area contributed by atoms with Crippen LogP contribution in [0.15, 0.2) is 101 Å². The molecule has 3 aromatic rings. The number of nitrogens with zero attached hydrogens (tertiary/aromatic N) is 3. The summed E-state index contributed by atoms with van der Waals surface area (Å²) in [7, 11) is -0.621. The Morgan fingerprint density at radius 3 is 2.45 bits per heavy atom. The lowest BCUT2D eigenvalue weighted by atomic mass is 9.83. The molecule has 2 fully saturated rings. The van der Waals surface area contributed by atoms with E-state index in [4.69, 9.17) is 40.0 Å². The number of ether oxygens (including phenoxy) is 6. The third kappa shape index (κ3) is 14.5. The molecular weight excluding hydrogens is 1080 g/mol. The normalized spacial score (nSPS) is 25.4. The van der Waals surface area contributed by atoms with Crippen molar-refractivity contribution in [2.24, 2.45) is 11.0 Å². The van der Waals surface area contributed by atoms with E-state index in [0.29, 0.717) is 42.7 Å². The van der Waals surface area contributed by atoms with Crippen LogP contribution in [-0.4, -0.2) is 140 Å². The van der Waals surface area contributed by atoms with Gasteiger partial charge in [0, 0.05) is 62.9 Å². The maximum atomic E-state index is 14.3. The van der Waals surface area contributed by atoms with Crippen molar-refractivity contribution in [1.29, 1.82) is 0 Å².